The van der Waals surface area contributed by atoms with Gasteiger partial charge in [-0.25, -0.2) is 0 Å². The number of benzene rings is 2. The normalized spacial score (nSPS) is 12.2. The van der Waals surface area contributed by atoms with Crippen molar-refractivity contribution in [3.05, 3.63) is 64.1 Å². The van der Waals surface area contributed by atoms with Crippen molar-refractivity contribution in [3.63, 3.8) is 0 Å². The molecule has 0 aliphatic carbocycles. The Bertz CT molecular complexity index is 508. The molecule has 0 aliphatic heterocycles. The molecule has 0 bridgehead atoms. The largest absolute Gasteiger partial charge is 0.378 e. The Morgan fingerprint density at radius 3 is 2.53 bits per heavy atom. The van der Waals surface area contributed by atoms with Crippen molar-refractivity contribution in [1.29, 1.82) is 0 Å². The Morgan fingerprint density at radius 2 is 1.82 bits per heavy atom. The van der Waals surface area contributed by atoms with E-state index in [-0.39, 0.29) is 0 Å². The Kier molecular flexibility index (Phi) is 3.85. The Morgan fingerprint density at radius 1 is 1.06 bits per heavy atom. The van der Waals surface area contributed by atoms with Gasteiger partial charge in [0.15, 0.2) is 0 Å². The number of nitrogens with one attached hydrogen (secondary N) is 1. The fourth-order valence-corrected chi connectivity index (χ4v) is 2.24. The predicted molar refractivity (Wildman–Crippen MR) is 77.4 cm³/mol. The first-order valence-corrected chi connectivity index (χ1v) is 6.54. The first-order valence-electron chi connectivity index (χ1n) is 5.74. The smallest absolute Gasteiger partial charge is 0.0486 e. The molecule has 1 unspecified atom stereocenters. The highest BCUT2D eigenvalue weighted by Gasteiger charge is 2.06. The molecule has 2 heteroatoms. The highest BCUT2D eigenvalue weighted by molar-refractivity contribution is 9.10. The molecule has 88 valence electrons. The van der Waals surface area contributed by atoms with E-state index in [0.29, 0.717) is 6.04 Å². The first kappa shape index (κ1) is 12.2. The molecule has 0 aliphatic rings. The second-order valence-corrected chi connectivity index (χ2v) is 5.15. The lowest BCUT2D eigenvalue weighted by molar-refractivity contribution is 0.881. The van der Waals surface area contributed by atoms with Crippen LogP contribution in [0.4, 0.5) is 5.69 Å². The third-order valence-corrected chi connectivity index (χ3v) is 3.36. The van der Waals surface area contributed by atoms with E-state index in [1.807, 2.05) is 6.07 Å². The molecule has 2 aromatic carbocycles. The van der Waals surface area contributed by atoms with E-state index in [4.69, 9.17) is 0 Å². The molecule has 0 radical (unpaired) electrons. The molecule has 0 aromatic heterocycles. The third-order valence-electron chi connectivity index (χ3n) is 2.87. The Hall–Kier alpha value is -1.28. The number of halogens is 1. The van der Waals surface area contributed by atoms with Crippen molar-refractivity contribution >= 4 is 21.6 Å². The lowest BCUT2D eigenvalue weighted by atomic mass is 10.1. The minimum absolute atomic E-state index is 0.300. The second kappa shape index (κ2) is 5.37. The lowest BCUT2D eigenvalue weighted by Crippen LogP contribution is -2.07. The zero-order valence-corrected chi connectivity index (χ0v) is 11.7. The highest BCUT2D eigenvalue weighted by atomic mass is 79.9. The van der Waals surface area contributed by atoms with Gasteiger partial charge in [0.25, 0.3) is 0 Å². The maximum atomic E-state index is 3.53. The number of rotatable bonds is 3. The molecule has 0 amide bonds. The summed E-state index contributed by atoms with van der Waals surface area (Å²) in [5.41, 5.74) is 3.75. The average molecular weight is 290 g/mol. The first-order chi connectivity index (χ1) is 8.16. The van der Waals surface area contributed by atoms with E-state index in [1.54, 1.807) is 0 Å². The van der Waals surface area contributed by atoms with Crippen LogP contribution in [0.5, 0.6) is 0 Å². The maximum absolute atomic E-state index is 3.53. The molecule has 0 heterocycles. The summed E-state index contributed by atoms with van der Waals surface area (Å²) in [5.74, 6) is 0. The molecule has 17 heavy (non-hydrogen) atoms. The van der Waals surface area contributed by atoms with Crippen LogP contribution in [-0.2, 0) is 0 Å². The number of aryl methyl sites for hydroxylation is 1. The maximum Gasteiger partial charge on any atom is 0.0486 e. The zero-order chi connectivity index (χ0) is 12.3. The quantitative estimate of drug-likeness (QED) is 0.845. The summed E-state index contributed by atoms with van der Waals surface area (Å²) in [6.07, 6.45) is 0. The van der Waals surface area contributed by atoms with Crippen LogP contribution in [-0.4, -0.2) is 0 Å². The SMILES string of the molecule is Cc1ccccc1NC(C)c1cccc(Br)c1. The molecule has 1 N–H and O–H groups in total. The summed E-state index contributed by atoms with van der Waals surface area (Å²) in [6.45, 7) is 4.30. The van der Waals surface area contributed by atoms with Gasteiger partial charge in [-0.3, -0.25) is 0 Å². The molecule has 1 nitrogen and oxygen atoms in total. The van der Waals surface area contributed by atoms with Crippen molar-refractivity contribution in [1.82, 2.24) is 0 Å². The summed E-state index contributed by atoms with van der Waals surface area (Å²) in [7, 11) is 0. The molecule has 2 rings (SSSR count). The summed E-state index contributed by atoms with van der Waals surface area (Å²) in [5, 5.41) is 3.53. The fraction of sp³-hybridized carbons (Fsp3) is 0.200. The number of hydrogen-bond acceptors (Lipinski definition) is 1. The Labute approximate surface area is 111 Å². The standard InChI is InChI=1S/C15H16BrN/c1-11-6-3-4-9-15(11)17-12(2)13-7-5-8-14(16)10-13/h3-10,12,17H,1-2H3. The van der Waals surface area contributed by atoms with Crippen molar-refractivity contribution in [2.24, 2.45) is 0 Å². The molecular weight excluding hydrogens is 274 g/mol. The summed E-state index contributed by atoms with van der Waals surface area (Å²) in [4.78, 5) is 0. The number of hydrogen-bond donors (Lipinski definition) is 1. The van der Waals surface area contributed by atoms with Crippen molar-refractivity contribution in [3.8, 4) is 0 Å². The summed E-state index contributed by atoms with van der Waals surface area (Å²) < 4.78 is 1.12. The summed E-state index contributed by atoms with van der Waals surface area (Å²) in [6, 6.07) is 17.1. The minimum atomic E-state index is 0.300. The molecule has 2 aromatic rings. The molecular formula is C15H16BrN. The van der Waals surface area contributed by atoms with Crippen molar-refractivity contribution in [2.45, 2.75) is 19.9 Å². The van der Waals surface area contributed by atoms with Gasteiger partial charge in [0.05, 0.1) is 0 Å². The van der Waals surface area contributed by atoms with Crippen LogP contribution < -0.4 is 5.32 Å². The fourth-order valence-electron chi connectivity index (χ4n) is 1.83. The van der Waals surface area contributed by atoms with Crippen LogP contribution in [0.25, 0.3) is 0 Å². The average Bonchev–Trinajstić information content (AvgIpc) is 2.32. The van der Waals surface area contributed by atoms with E-state index in [0.717, 1.165) is 4.47 Å². The van der Waals surface area contributed by atoms with E-state index in [2.05, 4.69) is 77.6 Å². The minimum Gasteiger partial charge on any atom is -0.378 e. The van der Waals surface area contributed by atoms with Gasteiger partial charge in [-0.15, -0.1) is 0 Å². The topological polar surface area (TPSA) is 12.0 Å². The van der Waals surface area contributed by atoms with Gasteiger partial charge in [0, 0.05) is 16.2 Å². The van der Waals surface area contributed by atoms with Crippen LogP contribution in [0.15, 0.2) is 53.0 Å². The third kappa shape index (κ3) is 3.10. The van der Waals surface area contributed by atoms with Crippen LogP contribution in [0, 0.1) is 6.92 Å². The van der Waals surface area contributed by atoms with Crippen LogP contribution in [0.1, 0.15) is 24.1 Å². The van der Waals surface area contributed by atoms with Gasteiger partial charge in [-0.05, 0) is 43.2 Å². The van der Waals surface area contributed by atoms with Gasteiger partial charge in [-0.2, -0.15) is 0 Å². The van der Waals surface area contributed by atoms with Gasteiger partial charge in [0.2, 0.25) is 0 Å². The van der Waals surface area contributed by atoms with E-state index in [1.165, 1.54) is 16.8 Å². The molecule has 0 saturated carbocycles. The van der Waals surface area contributed by atoms with Gasteiger partial charge < -0.3 is 5.32 Å². The lowest BCUT2D eigenvalue weighted by Gasteiger charge is -2.17. The van der Waals surface area contributed by atoms with Gasteiger partial charge in [0.1, 0.15) is 0 Å². The van der Waals surface area contributed by atoms with Gasteiger partial charge >= 0.3 is 0 Å². The summed E-state index contributed by atoms with van der Waals surface area (Å²) >= 11 is 3.50. The number of anilines is 1. The van der Waals surface area contributed by atoms with Gasteiger partial charge in [-0.1, -0.05) is 46.3 Å². The molecule has 1 atom stereocenters. The number of para-hydroxylation sites is 1. The molecule has 0 fully saturated rings. The Balaban J connectivity index is 2.17. The van der Waals surface area contributed by atoms with E-state index < -0.39 is 0 Å². The van der Waals surface area contributed by atoms with Crippen LogP contribution >= 0.6 is 15.9 Å². The second-order valence-electron chi connectivity index (χ2n) is 4.24. The van der Waals surface area contributed by atoms with Crippen molar-refractivity contribution < 1.29 is 0 Å². The van der Waals surface area contributed by atoms with Crippen molar-refractivity contribution in [2.75, 3.05) is 5.32 Å². The predicted octanol–water partition coefficient (Wildman–Crippen LogP) is 4.93. The van der Waals surface area contributed by atoms with Crippen LogP contribution in [0.3, 0.4) is 0 Å². The highest BCUT2D eigenvalue weighted by Crippen LogP contribution is 2.23. The monoisotopic (exact) mass is 289 g/mol. The zero-order valence-electron chi connectivity index (χ0n) is 10.1. The molecule has 0 saturated heterocycles. The molecule has 0 spiro atoms. The van der Waals surface area contributed by atoms with E-state index >= 15 is 0 Å². The van der Waals surface area contributed by atoms with E-state index in [9.17, 15) is 0 Å². The van der Waals surface area contributed by atoms with Crippen LogP contribution in [0.2, 0.25) is 0 Å².